The van der Waals surface area contributed by atoms with Gasteiger partial charge in [0.05, 0.1) is 10.5 Å². The predicted octanol–water partition coefficient (Wildman–Crippen LogP) is 3.97. The summed E-state index contributed by atoms with van der Waals surface area (Å²) in [6.07, 6.45) is 1.14. The number of halogens is 2. The van der Waals surface area contributed by atoms with Gasteiger partial charge in [0.15, 0.2) is 21.5 Å². The zero-order valence-electron chi connectivity index (χ0n) is 14.5. The summed E-state index contributed by atoms with van der Waals surface area (Å²) in [7, 11) is -3.30. The first-order chi connectivity index (χ1) is 12.1. The summed E-state index contributed by atoms with van der Waals surface area (Å²) in [4.78, 5) is 0.210. The van der Waals surface area contributed by atoms with E-state index in [0.717, 1.165) is 29.5 Å². The summed E-state index contributed by atoms with van der Waals surface area (Å²) in [6.45, 7) is 3.87. The highest BCUT2D eigenvalue weighted by molar-refractivity contribution is 7.90. The molecule has 1 aliphatic rings. The minimum absolute atomic E-state index is 0.158. The molecule has 4 nitrogen and oxygen atoms in total. The van der Waals surface area contributed by atoms with E-state index in [-0.39, 0.29) is 17.3 Å². The van der Waals surface area contributed by atoms with Crippen molar-refractivity contribution in [2.24, 2.45) is 0 Å². The van der Waals surface area contributed by atoms with Crippen molar-refractivity contribution >= 4 is 15.4 Å². The molecule has 2 aromatic rings. The molecule has 0 spiro atoms. The number of hydrogen-bond acceptors (Lipinski definition) is 4. The number of ether oxygens (including phenoxy) is 2. The Kier molecular flexibility index (Phi) is 4.62. The van der Waals surface area contributed by atoms with Crippen molar-refractivity contribution in [1.82, 2.24) is 0 Å². The molecule has 1 heterocycles. The molecule has 0 N–H and O–H groups in total. The van der Waals surface area contributed by atoms with Crippen LogP contribution in [0.3, 0.4) is 0 Å². The number of sulfone groups is 1. The highest BCUT2D eigenvalue weighted by Crippen LogP contribution is 2.39. The fourth-order valence-corrected chi connectivity index (χ4v) is 3.50. The molecule has 0 fully saturated rings. The first-order valence-corrected chi connectivity index (χ1v) is 9.78. The van der Waals surface area contributed by atoms with Crippen LogP contribution in [0.4, 0.5) is 8.78 Å². The summed E-state index contributed by atoms with van der Waals surface area (Å²) in [6, 6.07) is 9.68. The average Bonchev–Trinajstić information content (AvgIpc) is 2.85. The van der Waals surface area contributed by atoms with E-state index in [9.17, 15) is 17.2 Å². The Balaban J connectivity index is 2.01. The van der Waals surface area contributed by atoms with E-state index in [2.05, 4.69) is 0 Å². The molecule has 2 aromatic carbocycles. The third-order valence-corrected chi connectivity index (χ3v) is 5.28. The highest BCUT2D eigenvalue weighted by atomic mass is 32.2. The first kappa shape index (κ1) is 18.5. The van der Waals surface area contributed by atoms with Gasteiger partial charge in [0, 0.05) is 17.9 Å². The summed E-state index contributed by atoms with van der Waals surface area (Å²) in [5, 5.41) is 0. The molecule has 0 radical (unpaired) electrons. The molecule has 138 valence electrons. The molecular formula is C19H18F2O4S. The van der Waals surface area contributed by atoms with Crippen molar-refractivity contribution < 1.29 is 26.7 Å². The second-order valence-electron chi connectivity index (χ2n) is 6.57. The predicted molar refractivity (Wildman–Crippen MR) is 93.5 cm³/mol. The van der Waals surface area contributed by atoms with Gasteiger partial charge in [0.2, 0.25) is 0 Å². The number of hydrogen-bond donors (Lipinski definition) is 0. The molecule has 0 amide bonds. The molecule has 0 saturated heterocycles. The van der Waals surface area contributed by atoms with Gasteiger partial charge in [-0.3, -0.25) is 0 Å². The monoisotopic (exact) mass is 380 g/mol. The minimum atomic E-state index is -3.30. The maximum Gasteiger partial charge on any atom is 0.175 e. The summed E-state index contributed by atoms with van der Waals surface area (Å²) < 4.78 is 61.3. The van der Waals surface area contributed by atoms with E-state index in [1.165, 1.54) is 18.2 Å². The van der Waals surface area contributed by atoms with E-state index in [4.69, 9.17) is 9.47 Å². The molecule has 0 saturated carbocycles. The van der Waals surface area contributed by atoms with Gasteiger partial charge >= 0.3 is 0 Å². The maximum atomic E-state index is 13.4. The van der Waals surface area contributed by atoms with Crippen molar-refractivity contribution in [2.45, 2.75) is 24.3 Å². The van der Waals surface area contributed by atoms with E-state index < -0.39 is 27.1 Å². The van der Waals surface area contributed by atoms with Crippen LogP contribution in [-0.2, 0) is 14.6 Å². The van der Waals surface area contributed by atoms with E-state index in [1.807, 2.05) is 13.8 Å². The van der Waals surface area contributed by atoms with Crippen LogP contribution in [0.1, 0.15) is 19.4 Å². The Morgan fingerprint density at radius 1 is 1.04 bits per heavy atom. The second kappa shape index (κ2) is 6.48. The molecule has 0 aromatic heterocycles. The van der Waals surface area contributed by atoms with Crippen molar-refractivity contribution in [3.63, 3.8) is 0 Å². The first-order valence-electron chi connectivity index (χ1n) is 7.89. The van der Waals surface area contributed by atoms with Crippen LogP contribution in [-0.4, -0.2) is 26.9 Å². The number of benzene rings is 2. The summed E-state index contributed by atoms with van der Waals surface area (Å²) >= 11 is 0. The minimum Gasteiger partial charge on any atom is -0.459 e. The SMILES string of the molecule is CC1(C)OCC(Oc2ccc(F)c(F)c2)=C1c1ccc(S(C)(=O)=O)cc1. The van der Waals surface area contributed by atoms with Gasteiger partial charge in [-0.25, -0.2) is 17.2 Å². The van der Waals surface area contributed by atoms with Crippen LogP contribution in [0.2, 0.25) is 0 Å². The lowest BCUT2D eigenvalue weighted by molar-refractivity contribution is 0.0544. The second-order valence-corrected chi connectivity index (χ2v) is 8.59. The smallest absolute Gasteiger partial charge is 0.175 e. The zero-order valence-corrected chi connectivity index (χ0v) is 15.4. The Hall–Kier alpha value is -2.25. The molecular weight excluding hydrogens is 362 g/mol. The van der Waals surface area contributed by atoms with Gasteiger partial charge in [-0.05, 0) is 43.7 Å². The molecule has 0 aliphatic carbocycles. The molecule has 7 heteroatoms. The van der Waals surface area contributed by atoms with Crippen molar-refractivity contribution in [2.75, 3.05) is 12.9 Å². The lowest BCUT2D eigenvalue weighted by Crippen LogP contribution is -2.21. The van der Waals surface area contributed by atoms with E-state index >= 15 is 0 Å². The lowest BCUT2D eigenvalue weighted by Gasteiger charge is -2.22. The van der Waals surface area contributed by atoms with Gasteiger partial charge in [-0.1, -0.05) is 12.1 Å². The summed E-state index contributed by atoms with van der Waals surface area (Å²) in [5.41, 5.74) is 0.778. The van der Waals surface area contributed by atoms with Crippen LogP contribution in [0.5, 0.6) is 5.75 Å². The standard InChI is InChI=1S/C19H18F2O4S/c1-19(2)18(12-4-7-14(8-5-12)26(3,22)23)17(11-24-19)25-13-6-9-15(20)16(21)10-13/h4-10H,11H2,1-3H3. The Bertz CT molecular complexity index is 977. The van der Waals surface area contributed by atoms with Gasteiger partial charge in [-0.15, -0.1) is 0 Å². The van der Waals surface area contributed by atoms with Crippen molar-refractivity contribution in [3.05, 3.63) is 65.4 Å². The topological polar surface area (TPSA) is 52.6 Å². The van der Waals surface area contributed by atoms with Gasteiger partial charge < -0.3 is 9.47 Å². The van der Waals surface area contributed by atoms with Crippen LogP contribution < -0.4 is 4.74 Å². The van der Waals surface area contributed by atoms with E-state index in [0.29, 0.717) is 5.76 Å². The maximum absolute atomic E-state index is 13.4. The summed E-state index contributed by atoms with van der Waals surface area (Å²) in [5.74, 6) is -1.33. The van der Waals surface area contributed by atoms with Crippen LogP contribution in [0.15, 0.2) is 53.1 Å². The normalized spacial score (nSPS) is 16.8. The third kappa shape index (κ3) is 3.64. The van der Waals surface area contributed by atoms with Gasteiger partial charge in [0.25, 0.3) is 0 Å². The quantitative estimate of drug-likeness (QED) is 0.806. The fraction of sp³-hybridized carbons (Fsp3) is 0.263. The van der Waals surface area contributed by atoms with Gasteiger partial charge in [0.1, 0.15) is 18.1 Å². The van der Waals surface area contributed by atoms with Crippen LogP contribution >= 0.6 is 0 Å². The molecule has 3 rings (SSSR count). The van der Waals surface area contributed by atoms with Crippen molar-refractivity contribution in [1.29, 1.82) is 0 Å². The Morgan fingerprint density at radius 3 is 2.27 bits per heavy atom. The van der Waals surface area contributed by atoms with Crippen molar-refractivity contribution in [3.8, 4) is 5.75 Å². The average molecular weight is 380 g/mol. The van der Waals surface area contributed by atoms with Crippen LogP contribution in [0, 0.1) is 11.6 Å². The zero-order chi connectivity index (χ0) is 19.1. The third-order valence-electron chi connectivity index (χ3n) is 4.15. The highest BCUT2D eigenvalue weighted by Gasteiger charge is 2.36. The van der Waals surface area contributed by atoms with Gasteiger partial charge in [-0.2, -0.15) is 0 Å². The molecule has 0 bridgehead atoms. The molecule has 0 atom stereocenters. The fourth-order valence-electron chi connectivity index (χ4n) is 2.87. The molecule has 1 aliphatic heterocycles. The van der Waals surface area contributed by atoms with Crippen LogP contribution in [0.25, 0.3) is 5.57 Å². The Morgan fingerprint density at radius 2 is 1.69 bits per heavy atom. The Labute approximate surface area is 151 Å². The lowest BCUT2D eigenvalue weighted by atomic mass is 9.92. The molecule has 26 heavy (non-hydrogen) atoms. The molecule has 0 unspecified atom stereocenters. The van der Waals surface area contributed by atoms with E-state index in [1.54, 1.807) is 12.1 Å². The number of rotatable bonds is 4. The largest absolute Gasteiger partial charge is 0.459 e.